The highest BCUT2D eigenvalue weighted by atomic mass is 16.5. The van der Waals surface area contributed by atoms with Crippen LogP contribution < -0.4 is 0 Å². The molecule has 0 heterocycles. The maximum absolute atomic E-state index is 5.44. The predicted octanol–water partition coefficient (Wildman–Crippen LogP) is 4.02. The van der Waals surface area contributed by atoms with Crippen molar-refractivity contribution >= 4 is 0 Å². The fraction of sp³-hybridized carbons (Fsp3) is 1.00. The normalized spacial score (nSPS) is 46.2. The molecule has 2 fully saturated rings. The smallest absolute Gasteiger partial charge is 0.0495 e. The average Bonchev–Trinajstić information content (AvgIpc) is 2.21. The molecule has 2 aliphatic carbocycles. The first-order valence-corrected chi connectivity index (χ1v) is 6.61. The van der Waals surface area contributed by atoms with Gasteiger partial charge in [0, 0.05) is 13.7 Å². The lowest BCUT2D eigenvalue weighted by atomic mass is 9.48. The van der Waals surface area contributed by atoms with Crippen LogP contribution in [-0.4, -0.2) is 13.7 Å². The molecule has 2 saturated carbocycles. The molecule has 1 heteroatoms. The molecular weight excluding hydrogens is 184 g/mol. The summed E-state index contributed by atoms with van der Waals surface area (Å²) >= 11 is 0. The van der Waals surface area contributed by atoms with Crippen LogP contribution in [0.3, 0.4) is 0 Å². The Morgan fingerprint density at radius 3 is 2.47 bits per heavy atom. The summed E-state index contributed by atoms with van der Waals surface area (Å²) in [4.78, 5) is 0. The molecule has 0 radical (unpaired) electrons. The van der Waals surface area contributed by atoms with Gasteiger partial charge in [0.15, 0.2) is 0 Å². The summed E-state index contributed by atoms with van der Waals surface area (Å²) in [5.41, 5.74) is 1.16. The third-order valence-electron chi connectivity index (χ3n) is 5.60. The van der Waals surface area contributed by atoms with Gasteiger partial charge in [0.05, 0.1) is 0 Å². The van der Waals surface area contributed by atoms with Gasteiger partial charge >= 0.3 is 0 Å². The molecule has 0 amide bonds. The Bertz CT molecular complexity index is 219. The first-order valence-electron chi connectivity index (χ1n) is 6.61. The van der Waals surface area contributed by atoms with E-state index in [0.717, 1.165) is 12.5 Å². The molecule has 0 aromatic heterocycles. The van der Waals surface area contributed by atoms with E-state index in [0.29, 0.717) is 10.8 Å². The number of ether oxygens (including phenoxy) is 1. The Kier molecular flexibility index (Phi) is 3.12. The van der Waals surface area contributed by atoms with Gasteiger partial charge in [-0.1, -0.05) is 33.1 Å². The monoisotopic (exact) mass is 210 g/mol. The lowest BCUT2D eigenvalue weighted by Gasteiger charge is -2.57. The molecule has 0 aromatic carbocycles. The fourth-order valence-electron chi connectivity index (χ4n) is 4.23. The van der Waals surface area contributed by atoms with Gasteiger partial charge in [0.2, 0.25) is 0 Å². The average molecular weight is 210 g/mol. The fourth-order valence-corrected chi connectivity index (χ4v) is 4.23. The van der Waals surface area contributed by atoms with Crippen LogP contribution in [-0.2, 0) is 4.74 Å². The van der Waals surface area contributed by atoms with Crippen LogP contribution in [0.2, 0.25) is 0 Å². The molecule has 1 nitrogen and oxygen atoms in total. The van der Waals surface area contributed by atoms with Crippen molar-refractivity contribution in [1.29, 1.82) is 0 Å². The topological polar surface area (TPSA) is 9.23 Å². The molecular formula is C14H26O. The van der Waals surface area contributed by atoms with Crippen molar-refractivity contribution in [2.45, 2.75) is 58.8 Å². The van der Waals surface area contributed by atoms with Gasteiger partial charge in [0.1, 0.15) is 0 Å². The Balaban J connectivity index is 2.21. The highest BCUT2D eigenvalue weighted by molar-refractivity contribution is 5.01. The van der Waals surface area contributed by atoms with E-state index < -0.39 is 0 Å². The molecule has 3 atom stereocenters. The van der Waals surface area contributed by atoms with Crippen LogP contribution in [0.1, 0.15) is 58.8 Å². The van der Waals surface area contributed by atoms with Gasteiger partial charge < -0.3 is 4.74 Å². The second-order valence-electron chi connectivity index (χ2n) is 6.23. The summed E-state index contributed by atoms with van der Waals surface area (Å²) in [6.45, 7) is 6.05. The van der Waals surface area contributed by atoms with Crippen molar-refractivity contribution in [1.82, 2.24) is 0 Å². The van der Waals surface area contributed by atoms with Gasteiger partial charge in [-0.2, -0.15) is 0 Å². The third kappa shape index (κ3) is 1.73. The maximum atomic E-state index is 5.44. The summed E-state index contributed by atoms with van der Waals surface area (Å²) in [7, 11) is 1.86. The van der Waals surface area contributed by atoms with E-state index >= 15 is 0 Å². The SMILES string of the molecule is COCC1CCC[C@@]2(C)CCCC[C@@]12C. The second kappa shape index (κ2) is 4.08. The molecule has 0 bridgehead atoms. The van der Waals surface area contributed by atoms with Gasteiger partial charge in [-0.15, -0.1) is 0 Å². The molecule has 0 N–H and O–H groups in total. The first kappa shape index (κ1) is 11.4. The highest BCUT2D eigenvalue weighted by Gasteiger charge is 2.52. The third-order valence-corrected chi connectivity index (χ3v) is 5.60. The standard InChI is InChI=1S/C14H26O/c1-13-8-4-5-10-14(13,2)12(11-15-3)7-6-9-13/h12H,4-11H2,1-3H3/t12?,13-,14+/m1/s1. The van der Waals surface area contributed by atoms with E-state index in [-0.39, 0.29) is 0 Å². The molecule has 88 valence electrons. The lowest BCUT2D eigenvalue weighted by molar-refractivity contribution is -0.0954. The summed E-state index contributed by atoms with van der Waals surface area (Å²) in [6.07, 6.45) is 10.0. The minimum absolute atomic E-state index is 0.555. The largest absolute Gasteiger partial charge is 0.384 e. The van der Waals surface area contributed by atoms with E-state index in [1.54, 1.807) is 0 Å². The molecule has 0 aromatic rings. The zero-order chi connectivity index (χ0) is 10.9. The number of rotatable bonds is 2. The summed E-state index contributed by atoms with van der Waals surface area (Å²) in [5.74, 6) is 0.807. The predicted molar refractivity (Wildman–Crippen MR) is 63.9 cm³/mol. The van der Waals surface area contributed by atoms with Crippen LogP contribution in [0.15, 0.2) is 0 Å². The Morgan fingerprint density at radius 2 is 1.73 bits per heavy atom. The Labute approximate surface area is 94.6 Å². The van der Waals surface area contributed by atoms with E-state index in [4.69, 9.17) is 4.74 Å². The number of hydrogen-bond donors (Lipinski definition) is 0. The first-order chi connectivity index (χ1) is 7.12. The van der Waals surface area contributed by atoms with Crippen molar-refractivity contribution in [3.63, 3.8) is 0 Å². The second-order valence-corrected chi connectivity index (χ2v) is 6.23. The van der Waals surface area contributed by atoms with Gasteiger partial charge in [-0.05, 0) is 42.4 Å². The van der Waals surface area contributed by atoms with Crippen molar-refractivity contribution in [2.75, 3.05) is 13.7 Å². The number of fused-ring (bicyclic) bond motifs is 1. The van der Waals surface area contributed by atoms with Crippen LogP contribution in [0.4, 0.5) is 0 Å². The summed E-state index contributed by atoms with van der Waals surface area (Å²) in [5, 5.41) is 0. The molecule has 0 aliphatic heterocycles. The van der Waals surface area contributed by atoms with Crippen molar-refractivity contribution in [2.24, 2.45) is 16.7 Å². The molecule has 0 spiro atoms. The van der Waals surface area contributed by atoms with Crippen molar-refractivity contribution in [3.8, 4) is 0 Å². The van der Waals surface area contributed by atoms with Gasteiger partial charge in [0.25, 0.3) is 0 Å². The van der Waals surface area contributed by atoms with E-state index in [1.807, 2.05) is 7.11 Å². The van der Waals surface area contributed by atoms with Crippen molar-refractivity contribution < 1.29 is 4.74 Å². The molecule has 15 heavy (non-hydrogen) atoms. The molecule has 1 unspecified atom stereocenters. The summed E-state index contributed by atoms with van der Waals surface area (Å²) in [6, 6.07) is 0. The van der Waals surface area contributed by atoms with E-state index in [9.17, 15) is 0 Å². The zero-order valence-corrected chi connectivity index (χ0v) is 10.6. The minimum atomic E-state index is 0.555. The number of methoxy groups -OCH3 is 1. The zero-order valence-electron chi connectivity index (χ0n) is 10.6. The van der Waals surface area contributed by atoms with Gasteiger partial charge in [-0.3, -0.25) is 0 Å². The quantitative estimate of drug-likeness (QED) is 0.669. The lowest BCUT2D eigenvalue weighted by Crippen LogP contribution is -2.49. The van der Waals surface area contributed by atoms with E-state index in [1.165, 1.54) is 44.9 Å². The van der Waals surface area contributed by atoms with Crippen LogP contribution in [0.25, 0.3) is 0 Å². The van der Waals surface area contributed by atoms with Crippen LogP contribution in [0, 0.1) is 16.7 Å². The summed E-state index contributed by atoms with van der Waals surface area (Å²) < 4.78 is 5.44. The van der Waals surface area contributed by atoms with E-state index in [2.05, 4.69) is 13.8 Å². The van der Waals surface area contributed by atoms with Crippen LogP contribution >= 0.6 is 0 Å². The van der Waals surface area contributed by atoms with Crippen molar-refractivity contribution in [3.05, 3.63) is 0 Å². The Hall–Kier alpha value is -0.0400. The molecule has 2 aliphatic rings. The van der Waals surface area contributed by atoms with Gasteiger partial charge in [-0.25, -0.2) is 0 Å². The Morgan fingerprint density at radius 1 is 1.07 bits per heavy atom. The highest BCUT2D eigenvalue weighted by Crippen LogP contribution is 2.60. The minimum Gasteiger partial charge on any atom is -0.384 e. The maximum Gasteiger partial charge on any atom is 0.0495 e. The number of hydrogen-bond acceptors (Lipinski definition) is 1. The molecule has 2 rings (SSSR count). The molecule has 0 saturated heterocycles. The van der Waals surface area contributed by atoms with Crippen LogP contribution in [0.5, 0.6) is 0 Å².